The lowest BCUT2D eigenvalue weighted by Gasteiger charge is -2.19. The summed E-state index contributed by atoms with van der Waals surface area (Å²) >= 11 is 5.12. The molecule has 0 aromatic heterocycles. The fraction of sp³-hybridized carbons (Fsp3) is 0.364. The number of thiocarbonyl (C=S) groups is 1. The van der Waals surface area contributed by atoms with Gasteiger partial charge in [0.05, 0.1) is 0 Å². The van der Waals surface area contributed by atoms with Crippen molar-refractivity contribution in [1.29, 1.82) is 0 Å². The molecule has 0 unspecified atom stereocenters. The van der Waals surface area contributed by atoms with E-state index in [0.717, 1.165) is 11.7 Å². The zero-order chi connectivity index (χ0) is 10.6. The van der Waals surface area contributed by atoms with Gasteiger partial charge in [-0.05, 0) is 24.7 Å². The Labute approximate surface area is 90.9 Å². The minimum absolute atomic E-state index is 0.769. The van der Waals surface area contributed by atoms with Gasteiger partial charge in [-0.15, -0.1) is 0 Å². The molecule has 0 amide bonds. The maximum atomic E-state index is 5.12. The average Bonchev–Trinajstić information content (AvgIpc) is 2.20. The molecule has 14 heavy (non-hydrogen) atoms. The van der Waals surface area contributed by atoms with Gasteiger partial charge in [-0.1, -0.05) is 29.8 Å². The van der Waals surface area contributed by atoms with Crippen LogP contribution in [0.5, 0.6) is 0 Å². The van der Waals surface area contributed by atoms with E-state index in [9.17, 15) is 0 Å². The molecule has 1 aromatic carbocycles. The van der Waals surface area contributed by atoms with Crippen molar-refractivity contribution >= 4 is 17.3 Å². The molecule has 3 heteroatoms. The van der Waals surface area contributed by atoms with Crippen molar-refractivity contribution in [2.75, 3.05) is 14.1 Å². The molecule has 0 saturated heterocycles. The van der Waals surface area contributed by atoms with E-state index in [2.05, 4.69) is 36.5 Å². The summed E-state index contributed by atoms with van der Waals surface area (Å²) in [5, 5.41) is 3.72. The number of hydrogen-bond donors (Lipinski definition) is 1. The summed E-state index contributed by atoms with van der Waals surface area (Å²) in [7, 11) is 3.83. The zero-order valence-electron chi connectivity index (χ0n) is 8.87. The SMILES string of the molecule is CNC(=S)N(C)Cc1ccc(C)cc1. The van der Waals surface area contributed by atoms with Crippen molar-refractivity contribution in [1.82, 2.24) is 10.2 Å². The molecule has 2 nitrogen and oxygen atoms in total. The lowest BCUT2D eigenvalue weighted by atomic mass is 10.1. The zero-order valence-corrected chi connectivity index (χ0v) is 9.69. The summed E-state index contributed by atoms with van der Waals surface area (Å²) in [4.78, 5) is 2.01. The van der Waals surface area contributed by atoms with Crippen molar-refractivity contribution in [2.45, 2.75) is 13.5 Å². The van der Waals surface area contributed by atoms with Gasteiger partial charge in [-0.3, -0.25) is 0 Å². The van der Waals surface area contributed by atoms with Crippen LogP contribution in [0.4, 0.5) is 0 Å². The van der Waals surface area contributed by atoms with Crippen LogP contribution in [-0.2, 0) is 6.54 Å². The quantitative estimate of drug-likeness (QED) is 0.748. The predicted molar refractivity (Wildman–Crippen MR) is 64.3 cm³/mol. The van der Waals surface area contributed by atoms with E-state index in [1.54, 1.807) is 0 Å². The number of aryl methyl sites for hydroxylation is 1. The third kappa shape index (κ3) is 3.00. The van der Waals surface area contributed by atoms with Crippen LogP contribution in [0.3, 0.4) is 0 Å². The Hall–Kier alpha value is -1.09. The largest absolute Gasteiger partial charge is 0.366 e. The van der Waals surface area contributed by atoms with E-state index in [0.29, 0.717) is 0 Å². The maximum absolute atomic E-state index is 5.12. The van der Waals surface area contributed by atoms with Gasteiger partial charge in [0.25, 0.3) is 0 Å². The first-order valence-corrected chi connectivity index (χ1v) is 5.02. The minimum atomic E-state index is 0.769. The van der Waals surface area contributed by atoms with Crippen molar-refractivity contribution < 1.29 is 0 Å². The fourth-order valence-corrected chi connectivity index (χ4v) is 1.29. The van der Waals surface area contributed by atoms with Crippen molar-refractivity contribution in [2.24, 2.45) is 0 Å². The third-order valence-electron chi connectivity index (χ3n) is 2.10. The number of nitrogens with one attached hydrogen (secondary N) is 1. The second-order valence-corrected chi connectivity index (χ2v) is 3.78. The van der Waals surface area contributed by atoms with Crippen LogP contribution in [0.1, 0.15) is 11.1 Å². The normalized spacial score (nSPS) is 9.64. The van der Waals surface area contributed by atoms with Gasteiger partial charge in [0.15, 0.2) is 5.11 Å². The molecule has 0 aliphatic carbocycles. The van der Waals surface area contributed by atoms with Crippen LogP contribution in [0, 0.1) is 6.92 Å². The van der Waals surface area contributed by atoms with E-state index < -0.39 is 0 Å². The molecule has 0 saturated carbocycles. The average molecular weight is 208 g/mol. The second-order valence-electron chi connectivity index (χ2n) is 3.40. The molecule has 0 heterocycles. The first kappa shape index (κ1) is 11.0. The standard InChI is InChI=1S/C11H16N2S/c1-9-4-6-10(7-5-9)8-13(3)11(14)12-2/h4-7H,8H2,1-3H3,(H,12,14). The number of hydrogen-bond acceptors (Lipinski definition) is 1. The summed E-state index contributed by atoms with van der Waals surface area (Å²) in [6, 6.07) is 8.49. The first-order chi connectivity index (χ1) is 6.63. The molecule has 0 radical (unpaired) electrons. The Kier molecular flexibility index (Phi) is 3.89. The van der Waals surface area contributed by atoms with Gasteiger partial charge in [0, 0.05) is 20.6 Å². The van der Waals surface area contributed by atoms with Crippen LogP contribution >= 0.6 is 12.2 Å². The van der Waals surface area contributed by atoms with Gasteiger partial charge in [0.2, 0.25) is 0 Å². The van der Waals surface area contributed by atoms with E-state index >= 15 is 0 Å². The van der Waals surface area contributed by atoms with E-state index in [-0.39, 0.29) is 0 Å². The number of nitrogens with zero attached hydrogens (tertiary/aromatic N) is 1. The van der Waals surface area contributed by atoms with Gasteiger partial charge >= 0.3 is 0 Å². The number of rotatable bonds is 2. The monoisotopic (exact) mass is 208 g/mol. The third-order valence-corrected chi connectivity index (χ3v) is 2.62. The summed E-state index contributed by atoms with van der Waals surface area (Å²) in [5.74, 6) is 0. The number of benzene rings is 1. The van der Waals surface area contributed by atoms with Crippen molar-refractivity contribution in [3.63, 3.8) is 0 Å². The molecule has 0 atom stereocenters. The Morgan fingerprint density at radius 3 is 2.43 bits per heavy atom. The van der Waals surface area contributed by atoms with Gasteiger partial charge in [-0.25, -0.2) is 0 Å². The van der Waals surface area contributed by atoms with Crippen LogP contribution in [0.2, 0.25) is 0 Å². The molecular weight excluding hydrogens is 192 g/mol. The summed E-state index contributed by atoms with van der Waals surface area (Å²) in [6.07, 6.45) is 0. The summed E-state index contributed by atoms with van der Waals surface area (Å²) in [5.41, 5.74) is 2.56. The van der Waals surface area contributed by atoms with Crippen LogP contribution in [-0.4, -0.2) is 24.1 Å². The topological polar surface area (TPSA) is 15.3 Å². The summed E-state index contributed by atoms with van der Waals surface area (Å²) in [6.45, 7) is 2.94. The Morgan fingerprint density at radius 1 is 1.36 bits per heavy atom. The van der Waals surface area contributed by atoms with E-state index in [1.165, 1.54) is 11.1 Å². The van der Waals surface area contributed by atoms with Crippen molar-refractivity contribution in [3.05, 3.63) is 35.4 Å². The molecule has 0 fully saturated rings. The molecule has 1 N–H and O–H groups in total. The molecule has 0 aliphatic heterocycles. The molecule has 0 spiro atoms. The predicted octanol–water partition coefficient (Wildman–Crippen LogP) is 1.93. The molecule has 0 aliphatic rings. The highest BCUT2D eigenvalue weighted by Crippen LogP contribution is 2.05. The van der Waals surface area contributed by atoms with Crippen LogP contribution < -0.4 is 5.32 Å². The lowest BCUT2D eigenvalue weighted by molar-refractivity contribution is 0.495. The Bertz CT molecular complexity index is 306. The molecule has 1 aromatic rings. The molecule has 0 bridgehead atoms. The van der Waals surface area contributed by atoms with Crippen molar-refractivity contribution in [3.8, 4) is 0 Å². The second kappa shape index (κ2) is 4.96. The van der Waals surface area contributed by atoms with E-state index in [1.807, 2.05) is 19.0 Å². The van der Waals surface area contributed by atoms with E-state index in [4.69, 9.17) is 12.2 Å². The highest BCUT2D eigenvalue weighted by atomic mass is 32.1. The highest BCUT2D eigenvalue weighted by Gasteiger charge is 2.01. The minimum Gasteiger partial charge on any atom is -0.366 e. The molecular formula is C11H16N2S. The van der Waals surface area contributed by atoms with Gasteiger partial charge < -0.3 is 10.2 Å². The van der Waals surface area contributed by atoms with Crippen LogP contribution in [0.15, 0.2) is 24.3 Å². The van der Waals surface area contributed by atoms with Gasteiger partial charge in [0.1, 0.15) is 0 Å². The fourth-order valence-electron chi connectivity index (χ4n) is 1.23. The smallest absolute Gasteiger partial charge is 0.168 e. The Balaban J connectivity index is 2.60. The first-order valence-electron chi connectivity index (χ1n) is 4.62. The van der Waals surface area contributed by atoms with Crippen LogP contribution in [0.25, 0.3) is 0 Å². The lowest BCUT2D eigenvalue weighted by Crippen LogP contribution is -2.33. The molecule has 1 rings (SSSR count). The molecule has 76 valence electrons. The Morgan fingerprint density at radius 2 is 1.93 bits per heavy atom. The maximum Gasteiger partial charge on any atom is 0.168 e. The summed E-state index contributed by atoms with van der Waals surface area (Å²) < 4.78 is 0. The van der Waals surface area contributed by atoms with Gasteiger partial charge in [-0.2, -0.15) is 0 Å². The highest BCUT2D eigenvalue weighted by molar-refractivity contribution is 7.80.